The molecule has 1 unspecified atom stereocenters. The molecule has 0 radical (unpaired) electrons. The number of hydrogen-bond acceptors (Lipinski definition) is 4. The Morgan fingerprint density at radius 1 is 1.32 bits per heavy atom. The molecular weight excluding hydrogens is 332 g/mol. The zero-order chi connectivity index (χ0) is 17.3. The number of aliphatic imine (C=N–C) groups is 1. The molecular formula is C18H28N6S. The molecule has 1 saturated heterocycles. The van der Waals surface area contributed by atoms with Crippen molar-refractivity contribution >= 4 is 17.3 Å². The lowest BCUT2D eigenvalue weighted by molar-refractivity contribution is 0.255. The fourth-order valence-electron chi connectivity index (χ4n) is 3.16. The molecule has 2 aromatic rings. The molecule has 0 bridgehead atoms. The van der Waals surface area contributed by atoms with Crippen LogP contribution in [0.2, 0.25) is 0 Å². The van der Waals surface area contributed by atoms with Crippen LogP contribution in [-0.4, -0.2) is 53.4 Å². The first-order valence-corrected chi connectivity index (χ1v) is 10.0. The van der Waals surface area contributed by atoms with Crippen LogP contribution < -0.4 is 10.6 Å². The van der Waals surface area contributed by atoms with Crippen molar-refractivity contribution in [1.82, 2.24) is 25.3 Å². The lowest BCUT2D eigenvalue weighted by Crippen LogP contribution is -2.39. The smallest absolute Gasteiger partial charge is 0.191 e. The van der Waals surface area contributed by atoms with E-state index in [0.717, 1.165) is 32.1 Å². The molecule has 6 nitrogen and oxygen atoms in total. The third-order valence-corrected chi connectivity index (χ3v) is 5.39. The third-order valence-electron chi connectivity index (χ3n) is 4.41. The normalized spacial score (nSPS) is 16.9. The minimum absolute atomic E-state index is 0.393. The molecule has 0 aromatic carbocycles. The summed E-state index contributed by atoms with van der Waals surface area (Å²) in [7, 11) is 0. The zero-order valence-corrected chi connectivity index (χ0v) is 15.7. The van der Waals surface area contributed by atoms with E-state index in [1.165, 1.54) is 30.8 Å². The maximum atomic E-state index is 4.86. The first kappa shape index (κ1) is 17.9. The SMILES string of the molecule is CCNC(=NCC(c1cccs1)N1CCCC1)NCCn1cccn1. The topological polar surface area (TPSA) is 57.5 Å². The minimum atomic E-state index is 0.393. The summed E-state index contributed by atoms with van der Waals surface area (Å²) in [5.41, 5.74) is 0. The van der Waals surface area contributed by atoms with E-state index in [4.69, 9.17) is 4.99 Å². The Morgan fingerprint density at radius 2 is 2.20 bits per heavy atom. The lowest BCUT2D eigenvalue weighted by atomic mass is 10.2. The molecule has 2 aromatic heterocycles. The zero-order valence-electron chi connectivity index (χ0n) is 14.9. The van der Waals surface area contributed by atoms with Gasteiger partial charge in [-0.3, -0.25) is 14.6 Å². The molecule has 0 saturated carbocycles. The van der Waals surface area contributed by atoms with Crippen LogP contribution in [0.25, 0.3) is 0 Å². The van der Waals surface area contributed by atoms with Gasteiger partial charge in [0, 0.05) is 30.4 Å². The van der Waals surface area contributed by atoms with Gasteiger partial charge in [0.2, 0.25) is 0 Å². The predicted molar refractivity (Wildman–Crippen MR) is 104 cm³/mol. The van der Waals surface area contributed by atoms with Gasteiger partial charge >= 0.3 is 0 Å². The van der Waals surface area contributed by atoms with Crippen molar-refractivity contribution in [2.24, 2.45) is 4.99 Å². The van der Waals surface area contributed by atoms with E-state index < -0.39 is 0 Å². The van der Waals surface area contributed by atoms with Crippen molar-refractivity contribution in [1.29, 1.82) is 0 Å². The van der Waals surface area contributed by atoms with Gasteiger partial charge in [0.05, 0.1) is 19.1 Å². The van der Waals surface area contributed by atoms with Gasteiger partial charge in [-0.2, -0.15) is 5.10 Å². The number of nitrogens with zero attached hydrogens (tertiary/aromatic N) is 4. The van der Waals surface area contributed by atoms with Gasteiger partial charge in [0.1, 0.15) is 0 Å². The Labute approximate surface area is 153 Å². The quantitative estimate of drug-likeness (QED) is 0.560. The highest BCUT2D eigenvalue weighted by atomic mass is 32.1. The van der Waals surface area contributed by atoms with Crippen molar-refractivity contribution in [3.63, 3.8) is 0 Å². The summed E-state index contributed by atoms with van der Waals surface area (Å²) < 4.78 is 1.93. The van der Waals surface area contributed by atoms with E-state index in [-0.39, 0.29) is 0 Å². The van der Waals surface area contributed by atoms with E-state index in [9.17, 15) is 0 Å². The van der Waals surface area contributed by atoms with Crippen LogP contribution in [0.5, 0.6) is 0 Å². The van der Waals surface area contributed by atoms with E-state index in [0.29, 0.717) is 6.04 Å². The maximum absolute atomic E-state index is 4.86. The van der Waals surface area contributed by atoms with Crippen LogP contribution in [0.15, 0.2) is 41.0 Å². The van der Waals surface area contributed by atoms with Gasteiger partial charge in [0.15, 0.2) is 5.96 Å². The van der Waals surface area contributed by atoms with Gasteiger partial charge in [-0.25, -0.2) is 0 Å². The van der Waals surface area contributed by atoms with Crippen molar-refractivity contribution < 1.29 is 0 Å². The third kappa shape index (κ3) is 5.31. The first-order valence-electron chi connectivity index (χ1n) is 9.14. The highest BCUT2D eigenvalue weighted by Crippen LogP contribution is 2.28. The summed E-state index contributed by atoms with van der Waals surface area (Å²) >= 11 is 1.84. The van der Waals surface area contributed by atoms with Crippen LogP contribution in [0.1, 0.15) is 30.7 Å². The standard InChI is InChI=1S/C18H28N6S/c1-2-19-18(20-9-13-24-12-6-8-22-24)21-15-16(17-7-5-14-25-17)23-10-3-4-11-23/h5-8,12,14,16H,2-4,9-11,13,15H2,1H3,(H2,19,20,21). The summed E-state index contributed by atoms with van der Waals surface area (Å²) in [5, 5.41) is 13.2. The van der Waals surface area contributed by atoms with Gasteiger partial charge in [0.25, 0.3) is 0 Å². The molecule has 3 heterocycles. The number of thiophene rings is 1. The van der Waals surface area contributed by atoms with Crippen LogP contribution in [0.3, 0.4) is 0 Å². The second-order valence-corrected chi connectivity index (χ2v) is 7.17. The lowest BCUT2D eigenvalue weighted by Gasteiger charge is -2.25. The van der Waals surface area contributed by atoms with Crippen LogP contribution in [0.4, 0.5) is 0 Å². The molecule has 1 atom stereocenters. The average Bonchev–Trinajstić information content (AvgIpc) is 3.38. The molecule has 136 valence electrons. The van der Waals surface area contributed by atoms with Crippen LogP contribution in [-0.2, 0) is 6.54 Å². The Bertz CT molecular complexity index is 616. The molecule has 1 fully saturated rings. The Hall–Kier alpha value is -1.86. The fourth-order valence-corrected chi connectivity index (χ4v) is 4.01. The Balaban J connectivity index is 1.59. The maximum Gasteiger partial charge on any atom is 0.191 e. The van der Waals surface area contributed by atoms with Crippen molar-refractivity contribution in [2.75, 3.05) is 32.7 Å². The minimum Gasteiger partial charge on any atom is -0.357 e. The monoisotopic (exact) mass is 360 g/mol. The molecule has 7 heteroatoms. The van der Waals surface area contributed by atoms with E-state index >= 15 is 0 Å². The van der Waals surface area contributed by atoms with E-state index in [2.05, 4.69) is 45.1 Å². The fraction of sp³-hybridized carbons (Fsp3) is 0.556. The molecule has 0 spiro atoms. The number of hydrogen-bond donors (Lipinski definition) is 2. The summed E-state index contributed by atoms with van der Waals surface area (Å²) in [4.78, 5) is 8.85. The van der Waals surface area contributed by atoms with Crippen molar-refractivity contribution in [2.45, 2.75) is 32.4 Å². The average molecular weight is 361 g/mol. The van der Waals surface area contributed by atoms with E-state index in [1.54, 1.807) is 6.20 Å². The Kier molecular flexibility index (Phi) is 6.88. The molecule has 3 rings (SSSR count). The summed E-state index contributed by atoms with van der Waals surface area (Å²) in [5.74, 6) is 0.885. The highest BCUT2D eigenvalue weighted by molar-refractivity contribution is 7.10. The molecule has 1 aliphatic rings. The van der Waals surface area contributed by atoms with Gasteiger partial charge in [-0.1, -0.05) is 6.07 Å². The number of guanidine groups is 1. The highest BCUT2D eigenvalue weighted by Gasteiger charge is 2.24. The largest absolute Gasteiger partial charge is 0.357 e. The number of likely N-dealkylation sites (tertiary alicyclic amines) is 1. The summed E-state index contributed by atoms with van der Waals surface area (Å²) in [6, 6.07) is 6.71. The van der Waals surface area contributed by atoms with Crippen molar-refractivity contribution in [3.8, 4) is 0 Å². The van der Waals surface area contributed by atoms with Crippen molar-refractivity contribution in [3.05, 3.63) is 40.8 Å². The predicted octanol–water partition coefficient (Wildman–Crippen LogP) is 2.34. The number of aromatic nitrogens is 2. The van der Waals surface area contributed by atoms with E-state index in [1.807, 2.05) is 28.3 Å². The molecule has 1 aliphatic heterocycles. The molecule has 0 amide bonds. The number of nitrogens with one attached hydrogen (secondary N) is 2. The van der Waals surface area contributed by atoms with Gasteiger partial charge < -0.3 is 10.6 Å². The van der Waals surface area contributed by atoms with Gasteiger partial charge in [-0.15, -0.1) is 11.3 Å². The molecule has 25 heavy (non-hydrogen) atoms. The number of rotatable bonds is 8. The van der Waals surface area contributed by atoms with Gasteiger partial charge in [-0.05, 0) is 50.4 Å². The molecule has 2 N–H and O–H groups in total. The Morgan fingerprint density at radius 3 is 2.88 bits per heavy atom. The summed E-state index contributed by atoms with van der Waals surface area (Å²) in [6.45, 7) is 7.75. The second kappa shape index (κ2) is 9.58. The van der Waals surface area contributed by atoms with Crippen LogP contribution >= 0.6 is 11.3 Å². The summed E-state index contributed by atoms with van der Waals surface area (Å²) in [6.07, 6.45) is 6.38. The van der Waals surface area contributed by atoms with Crippen LogP contribution in [0, 0.1) is 0 Å². The molecule has 0 aliphatic carbocycles. The first-order chi connectivity index (χ1) is 12.4. The second-order valence-electron chi connectivity index (χ2n) is 6.19.